The smallest absolute Gasteiger partial charge is 0.270 e. The summed E-state index contributed by atoms with van der Waals surface area (Å²) in [7, 11) is -0.922. The number of β-lactam (4-membered cyclic amide) rings is 1. The molecule has 0 spiro atoms. The molecule has 9 heteroatoms. The number of hydrogen-bond acceptors (Lipinski definition) is 6. The van der Waals surface area contributed by atoms with Crippen LogP contribution in [0, 0.1) is 0 Å². The molecule has 2 aliphatic rings. The molecular weight excluding hydrogens is 360 g/mol. The van der Waals surface area contributed by atoms with Crippen molar-refractivity contribution < 1.29 is 27.9 Å². The van der Waals surface area contributed by atoms with Gasteiger partial charge in [-0.15, -0.1) is 0 Å². The Bertz CT molecular complexity index is 864. The van der Waals surface area contributed by atoms with Crippen molar-refractivity contribution in [3.05, 3.63) is 47.2 Å². The lowest BCUT2D eigenvalue weighted by Gasteiger charge is -2.49. The Morgan fingerprint density at radius 2 is 2.00 bits per heavy atom. The largest absolute Gasteiger partial charge is 0.392 e. The Morgan fingerprint density at radius 1 is 1.35 bits per heavy atom. The van der Waals surface area contributed by atoms with Crippen LogP contribution in [0.15, 0.2) is 41.6 Å². The lowest BCUT2D eigenvalue weighted by atomic mass is 10.0. The number of carbonyl (C=O) groups excluding carboxylic acids is 2. The van der Waals surface area contributed by atoms with Crippen molar-refractivity contribution >= 4 is 21.7 Å². The number of fused-ring (bicyclic) bond motifs is 1. The van der Waals surface area contributed by atoms with Crippen molar-refractivity contribution in [2.24, 2.45) is 0 Å². The fourth-order valence-electron chi connectivity index (χ4n) is 3.29. The van der Waals surface area contributed by atoms with Crippen molar-refractivity contribution in [2.45, 2.75) is 18.0 Å². The van der Waals surface area contributed by atoms with Gasteiger partial charge in [0.25, 0.3) is 11.8 Å². The summed E-state index contributed by atoms with van der Waals surface area (Å²) < 4.78 is 29.8. The maximum atomic E-state index is 12.9. The van der Waals surface area contributed by atoms with Gasteiger partial charge < -0.3 is 14.7 Å². The van der Waals surface area contributed by atoms with E-state index in [1.165, 1.54) is 12.0 Å². The van der Waals surface area contributed by atoms with Crippen LogP contribution in [0.1, 0.15) is 5.56 Å². The molecule has 0 unspecified atom stereocenters. The number of amides is 2. The van der Waals surface area contributed by atoms with Gasteiger partial charge in [0.05, 0.1) is 12.4 Å². The van der Waals surface area contributed by atoms with Crippen molar-refractivity contribution in [1.82, 2.24) is 9.80 Å². The van der Waals surface area contributed by atoms with E-state index in [9.17, 15) is 23.1 Å². The number of nitrogens with zero attached hydrogens (tertiary/aromatic N) is 2. The van der Waals surface area contributed by atoms with Gasteiger partial charge in [-0.05, 0) is 11.1 Å². The number of ether oxygens (including phenoxy) is 1. The first-order valence-corrected chi connectivity index (χ1v) is 9.73. The summed E-state index contributed by atoms with van der Waals surface area (Å²) in [4.78, 5) is 27.6. The summed E-state index contributed by atoms with van der Waals surface area (Å²) >= 11 is 0. The van der Waals surface area contributed by atoms with Gasteiger partial charge in [-0.2, -0.15) is 0 Å². The molecule has 1 aromatic carbocycles. The van der Waals surface area contributed by atoms with Crippen LogP contribution in [0.25, 0.3) is 0 Å². The van der Waals surface area contributed by atoms with Gasteiger partial charge in [-0.25, -0.2) is 8.42 Å². The van der Waals surface area contributed by atoms with Gasteiger partial charge in [-0.3, -0.25) is 14.5 Å². The number of sulfone groups is 1. The van der Waals surface area contributed by atoms with Gasteiger partial charge in [0.2, 0.25) is 0 Å². The number of aliphatic hydroxyl groups is 1. The molecule has 2 aliphatic heterocycles. The van der Waals surface area contributed by atoms with E-state index in [4.69, 9.17) is 4.74 Å². The minimum atomic E-state index is -3.74. The number of rotatable bonds is 5. The summed E-state index contributed by atoms with van der Waals surface area (Å²) in [6.45, 7) is -0.331. The van der Waals surface area contributed by atoms with Gasteiger partial charge in [0.1, 0.15) is 5.70 Å². The predicted molar refractivity (Wildman–Crippen MR) is 92.2 cm³/mol. The third-order valence-corrected chi connectivity index (χ3v) is 6.51. The van der Waals surface area contributed by atoms with Gasteiger partial charge >= 0.3 is 0 Å². The van der Waals surface area contributed by atoms with E-state index in [1.54, 1.807) is 7.05 Å². The minimum Gasteiger partial charge on any atom is -0.392 e. The van der Waals surface area contributed by atoms with Crippen LogP contribution in [0.5, 0.6) is 0 Å². The summed E-state index contributed by atoms with van der Waals surface area (Å²) in [5.74, 6) is -1.58. The first-order chi connectivity index (χ1) is 12.3. The van der Waals surface area contributed by atoms with E-state index < -0.39 is 45.5 Å². The average Bonchev–Trinajstić information content (AvgIpc) is 2.61. The van der Waals surface area contributed by atoms with E-state index in [0.717, 1.165) is 10.5 Å². The molecule has 0 bridgehead atoms. The van der Waals surface area contributed by atoms with E-state index in [1.807, 2.05) is 30.3 Å². The minimum absolute atomic E-state index is 0.0223. The van der Waals surface area contributed by atoms with Crippen LogP contribution in [0.3, 0.4) is 0 Å². The normalized spacial score (nSPS) is 24.1. The Morgan fingerprint density at radius 3 is 2.58 bits per heavy atom. The fraction of sp³-hybridized carbons (Fsp3) is 0.412. The quantitative estimate of drug-likeness (QED) is 0.691. The molecule has 26 heavy (non-hydrogen) atoms. The highest BCUT2D eigenvalue weighted by Crippen LogP contribution is 2.38. The number of likely N-dealkylation sites (N-methyl/N-ethyl adjacent to an activating group) is 1. The van der Waals surface area contributed by atoms with Crippen molar-refractivity contribution in [1.29, 1.82) is 0 Å². The second-order valence-electron chi connectivity index (χ2n) is 6.32. The van der Waals surface area contributed by atoms with Gasteiger partial charge in [0.15, 0.2) is 21.3 Å². The lowest BCUT2D eigenvalue weighted by molar-refractivity contribution is -0.161. The average molecular weight is 380 g/mol. The zero-order valence-corrected chi connectivity index (χ0v) is 15.3. The maximum Gasteiger partial charge on any atom is 0.270 e. The number of hydrogen-bond donors (Lipinski definition) is 1. The molecule has 0 aromatic heterocycles. The molecule has 140 valence electrons. The summed E-state index contributed by atoms with van der Waals surface area (Å²) in [5, 5.41) is 8.37. The third-order valence-electron chi connectivity index (χ3n) is 4.57. The molecule has 2 amide bonds. The first kappa shape index (κ1) is 18.6. The highest BCUT2D eigenvalue weighted by Gasteiger charge is 2.60. The van der Waals surface area contributed by atoms with Crippen LogP contribution >= 0.6 is 0 Å². The Kier molecular flexibility index (Phi) is 4.87. The van der Waals surface area contributed by atoms with Gasteiger partial charge in [0, 0.05) is 20.7 Å². The van der Waals surface area contributed by atoms with Crippen molar-refractivity contribution in [3.63, 3.8) is 0 Å². The fourth-order valence-corrected chi connectivity index (χ4v) is 5.31. The van der Waals surface area contributed by atoms with Gasteiger partial charge in [-0.1, -0.05) is 30.3 Å². The molecule has 1 N–H and O–H groups in total. The highest BCUT2D eigenvalue weighted by molar-refractivity contribution is 7.92. The molecule has 2 heterocycles. The summed E-state index contributed by atoms with van der Waals surface area (Å²) in [5.41, 5.74) is 0.845. The van der Waals surface area contributed by atoms with E-state index in [-0.39, 0.29) is 17.8 Å². The second kappa shape index (κ2) is 6.82. The van der Waals surface area contributed by atoms with Crippen LogP contribution in [0.2, 0.25) is 0 Å². The molecule has 8 nitrogen and oxygen atoms in total. The number of carbonyl (C=O) groups is 2. The zero-order chi connectivity index (χ0) is 19.1. The standard InChI is InChI=1S/C17H20N2O6S/c1-18(8-11-6-4-3-5-7-11)15(21)13-12(9-20)10-26(23,24)17-14(25-2)16(22)19(13)17/h3-7,14,17,20H,8-10H2,1-2H3/t14-,17+/m0/s1. The zero-order valence-electron chi connectivity index (χ0n) is 14.5. The van der Waals surface area contributed by atoms with E-state index in [2.05, 4.69) is 0 Å². The molecule has 0 aliphatic carbocycles. The third kappa shape index (κ3) is 2.91. The van der Waals surface area contributed by atoms with Crippen molar-refractivity contribution in [2.75, 3.05) is 26.5 Å². The Balaban J connectivity index is 1.94. The molecule has 1 aromatic rings. The Labute approximate surface area is 151 Å². The van der Waals surface area contributed by atoms with Crippen LogP contribution in [0.4, 0.5) is 0 Å². The molecule has 0 radical (unpaired) electrons. The van der Waals surface area contributed by atoms with Crippen LogP contribution < -0.4 is 0 Å². The van der Waals surface area contributed by atoms with E-state index in [0.29, 0.717) is 0 Å². The molecular formula is C17H20N2O6S. The number of methoxy groups -OCH3 is 1. The maximum absolute atomic E-state index is 12.9. The SMILES string of the molecule is CO[C@H]1C(=O)N2C(C(=O)N(C)Cc3ccccc3)=C(CO)CS(=O)(=O)[C@H]12. The molecule has 1 fully saturated rings. The predicted octanol–water partition coefficient (Wildman–Crippen LogP) is -0.497. The van der Waals surface area contributed by atoms with Crippen LogP contribution in [-0.2, 0) is 30.7 Å². The number of aliphatic hydroxyl groups excluding tert-OH is 1. The monoisotopic (exact) mass is 380 g/mol. The summed E-state index contributed by atoms with van der Waals surface area (Å²) in [6.07, 6.45) is -1.12. The highest BCUT2D eigenvalue weighted by atomic mass is 32.2. The Hall–Kier alpha value is -2.23. The molecule has 1 saturated heterocycles. The van der Waals surface area contributed by atoms with Crippen LogP contribution in [-0.4, -0.2) is 73.1 Å². The molecule has 2 atom stereocenters. The lowest BCUT2D eigenvalue weighted by Crippen LogP contribution is -2.71. The number of benzene rings is 1. The summed E-state index contributed by atoms with van der Waals surface area (Å²) in [6, 6.07) is 9.26. The molecule has 0 saturated carbocycles. The topological polar surface area (TPSA) is 104 Å². The molecule has 3 rings (SSSR count). The van der Waals surface area contributed by atoms with Crippen molar-refractivity contribution in [3.8, 4) is 0 Å². The van der Waals surface area contributed by atoms with E-state index >= 15 is 0 Å². The first-order valence-electron chi connectivity index (χ1n) is 8.01. The second-order valence-corrected chi connectivity index (χ2v) is 8.42.